The standard InChI is InChI=1S/C9H9O/c1-3-4-8-7(2)5-6-9(8)10/h1,5H,4,6H2,2H3. The van der Waals surface area contributed by atoms with Crippen molar-refractivity contribution in [3.63, 3.8) is 0 Å². The molecule has 10 heavy (non-hydrogen) atoms. The van der Waals surface area contributed by atoms with Crippen molar-refractivity contribution >= 4 is 5.78 Å². The van der Waals surface area contributed by atoms with E-state index in [1.54, 1.807) is 0 Å². The Labute approximate surface area is 61.1 Å². The fraction of sp³-hybridized carbons (Fsp3) is 0.333. The number of rotatable bonds is 1. The molecule has 0 amide bonds. The molecular formula is C9H9O. The number of carbonyl (C=O) groups is 1. The van der Waals surface area contributed by atoms with Crippen LogP contribution in [0.1, 0.15) is 19.8 Å². The van der Waals surface area contributed by atoms with Gasteiger partial charge in [0, 0.05) is 18.4 Å². The third-order valence-corrected chi connectivity index (χ3v) is 1.69. The summed E-state index contributed by atoms with van der Waals surface area (Å²) in [4.78, 5) is 11.0. The van der Waals surface area contributed by atoms with Gasteiger partial charge in [0.2, 0.25) is 0 Å². The molecule has 0 aromatic carbocycles. The van der Waals surface area contributed by atoms with Crippen LogP contribution in [0.3, 0.4) is 0 Å². The molecule has 0 spiro atoms. The minimum absolute atomic E-state index is 0.190. The first-order chi connectivity index (χ1) is 4.75. The third kappa shape index (κ3) is 1.11. The molecule has 0 aromatic rings. The van der Waals surface area contributed by atoms with Crippen LogP contribution in [-0.4, -0.2) is 5.78 Å². The minimum Gasteiger partial charge on any atom is -0.294 e. The second kappa shape index (κ2) is 2.70. The monoisotopic (exact) mass is 133 g/mol. The second-order valence-corrected chi connectivity index (χ2v) is 2.37. The largest absolute Gasteiger partial charge is 0.294 e. The third-order valence-electron chi connectivity index (χ3n) is 1.69. The lowest BCUT2D eigenvalue weighted by Gasteiger charge is -1.93. The molecule has 0 saturated heterocycles. The van der Waals surface area contributed by atoms with Crippen LogP contribution in [0.15, 0.2) is 11.1 Å². The predicted octanol–water partition coefficient (Wildman–Crippen LogP) is 1.50. The molecule has 0 fully saturated rings. The van der Waals surface area contributed by atoms with Gasteiger partial charge in [0.15, 0.2) is 5.78 Å². The number of hydrogen-bond donors (Lipinski definition) is 0. The van der Waals surface area contributed by atoms with Crippen LogP contribution >= 0.6 is 0 Å². The number of ketones is 1. The van der Waals surface area contributed by atoms with Gasteiger partial charge in [0.1, 0.15) is 0 Å². The number of terminal acetylenes is 1. The Balaban J connectivity index is 2.80. The smallest absolute Gasteiger partial charge is 0.160 e. The van der Waals surface area contributed by atoms with Crippen molar-refractivity contribution in [3.05, 3.63) is 17.6 Å². The molecule has 1 aliphatic rings. The summed E-state index contributed by atoms with van der Waals surface area (Å²) < 4.78 is 0. The predicted molar refractivity (Wildman–Crippen MR) is 40.1 cm³/mol. The van der Waals surface area contributed by atoms with E-state index in [9.17, 15) is 4.79 Å². The summed E-state index contributed by atoms with van der Waals surface area (Å²) in [5, 5.41) is 0. The van der Waals surface area contributed by atoms with Crippen LogP contribution in [0.2, 0.25) is 0 Å². The van der Waals surface area contributed by atoms with E-state index in [0.29, 0.717) is 12.8 Å². The van der Waals surface area contributed by atoms with Crippen LogP contribution < -0.4 is 0 Å². The molecule has 0 aliphatic heterocycles. The average Bonchev–Trinajstić information content (AvgIpc) is 2.20. The maximum atomic E-state index is 11.0. The molecule has 0 saturated carbocycles. The molecule has 0 atom stereocenters. The molecule has 0 N–H and O–H groups in total. The van der Waals surface area contributed by atoms with Gasteiger partial charge < -0.3 is 0 Å². The van der Waals surface area contributed by atoms with Gasteiger partial charge in [0.05, 0.1) is 0 Å². The van der Waals surface area contributed by atoms with E-state index < -0.39 is 0 Å². The number of allylic oxidation sites excluding steroid dienone is 2. The molecule has 0 bridgehead atoms. The Morgan fingerprint density at radius 1 is 1.80 bits per heavy atom. The lowest BCUT2D eigenvalue weighted by Crippen LogP contribution is -1.94. The van der Waals surface area contributed by atoms with E-state index in [0.717, 1.165) is 11.1 Å². The molecule has 1 radical (unpaired) electrons. The lowest BCUT2D eigenvalue weighted by atomic mass is 10.1. The number of Topliss-reactive ketones (excluding diaryl/α,β-unsaturated/α-hetero) is 1. The van der Waals surface area contributed by atoms with E-state index in [2.05, 4.69) is 5.92 Å². The highest BCUT2D eigenvalue weighted by atomic mass is 16.1. The second-order valence-electron chi connectivity index (χ2n) is 2.37. The van der Waals surface area contributed by atoms with Crippen molar-refractivity contribution in [1.82, 2.24) is 0 Å². The van der Waals surface area contributed by atoms with E-state index in [1.165, 1.54) is 0 Å². The first kappa shape index (κ1) is 7.08. The summed E-state index contributed by atoms with van der Waals surface area (Å²) in [6.07, 6.45) is 8.04. The van der Waals surface area contributed by atoms with Gasteiger partial charge in [-0.2, -0.15) is 0 Å². The van der Waals surface area contributed by atoms with Crippen LogP contribution in [-0.2, 0) is 4.79 Å². The van der Waals surface area contributed by atoms with Gasteiger partial charge >= 0.3 is 0 Å². The Morgan fingerprint density at radius 2 is 2.50 bits per heavy atom. The maximum absolute atomic E-state index is 11.0. The Kier molecular flexibility index (Phi) is 1.91. The van der Waals surface area contributed by atoms with Crippen molar-refractivity contribution in [1.29, 1.82) is 0 Å². The van der Waals surface area contributed by atoms with Gasteiger partial charge in [-0.15, -0.1) is 12.3 Å². The molecule has 0 aromatic heterocycles. The number of hydrogen-bond acceptors (Lipinski definition) is 1. The molecule has 0 unspecified atom stereocenters. The summed E-state index contributed by atoms with van der Waals surface area (Å²) in [7, 11) is 0. The summed E-state index contributed by atoms with van der Waals surface area (Å²) in [5.41, 5.74) is 1.88. The minimum atomic E-state index is 0.190. The first-order valence-electron chi connectivity index (χ1n) is 3.25. The van der Waals surface area contributed by atoms with Gasteiger partial charge in [-0.1, -0.05) is 5.57 Å². The Bertz CT molecular complexity index is 228. The molecule has 1 aliphatic carbocycles. The zero-order valence-corrected chi connectivity index (χ0v) is 5.98. The molecule has 1 nitrogen and oxygen atoms in total. The highest BCUT2D eigenvalue weighted by Gasteiger charge is 2.18. The fourth-order valence-electron chi connectivity index (χ4n) is 1.05. The quantitative estimate of drug-likeness (QED) is 0.495. The van der Waals surface area contributed by atoms with Crippen LogP contribution in [0.25, 0.3) is 0 Å². The van der Waals surface area contributed by atoms with Crippen LogP contribution in [0, 0.1) is 18.8 Å². The SMILES string of the molecule is C#CCC1=C(C)[CH]CC1=O. The molecule has 51 valence electrons. The topological polar surface area (TPSA) is 17.1 Å². The van der Waals surface area contributed by atoms with E-state index in [-0.39, 0.29) is 5.78 Å². The highest BCUT2D eigenvalue weighted by molar-refractivity contribution is 6.00. The zero-order valence-electron chi connectivity index (χ0n) is 5.98. The number of carbonyl (C=O) groups excluding carboxylic acids is 1. The fourth-order valence-corrected chi connectivity index (χ4v) is 1.05. The molecular weight excluding hydrogens is 124 g/mol. The molecule has 0 heterocycles. The van der Waals surface area contributed by atoms with Crippen LogP contribution in [0.4, 0.5) is 0 Å². The average molecular weight is 133 g/mol. The van der Waals surface area contributed by atoms with Gasteiger partial charge in [-0.25, -0.2) is 0 Å². The summed E-state index contributed by atoms with van der Waals surface area (Å²) in [6.45, 7) is 1.93. The Morgan fingerprint density at radius 3 is 2.90 bits per heavy atom. The maximum Gasteiger partial charge on any atom is 0.160 e. The van der Waals surface area contributed by atoms with E-state index >= 15 is 0 Å². The van der Waals surface area contributed by atoms with E-state index in [1.807, 2.05) is 13.3 Å². The van der Waals surface area contributed by atoms with Gasteiger partial charge in [-0.05, 0) is 13.3 Å². The Hall–Kier alpha value is -1.03. The normalized spacial score (nSPS) is 17.8. The highest BCUT2D eigenvalue weighted by Crippen LogP contribution is 2.22. The van der Waals surface area contributed by atoms with E-state index in [4.69, 9.17) is 6.42 Å². The summed E-state index contributed by atoms with van der Waals surface area (Å²) >= 11 is 0. The molecule has 1 heteroatoms. The lowest BCUT2D eigenvalue weighted by molar-refractivity contribution is -0.114. The van der Waals surface area contributed by atoms with Crippen LogP contribution in [0.5, 0.6) is 0 Å². The van der Waals surface area contributed by atoms with Gasteiger partial charge in [0.25, 0.3) is 0 Å². The first-order valence-corrected chi connectivity index (χ1v) is 3.25. The van der Waals surface area contributed by atoms with Crippen molar-refractivity contribution in [3.8, 4) is 12.3 Å². The zero-order chi connectivity index (χ0) is 7.56. The van der Waals surface area contributed by atoms with Crippen molar-refractivity contribution < 1.29 is 4.79 Å². The van der Waals surface area contributed by atoms with Crippen molar-refractivity contribution in [2.75, 3.05) is 0 Å². The summed E-state index contributed by atoms with van der Waals surface area (Å²) in [5.74, 6) is 2.66. The van der Waals surface area contributed by atoms with Crippen molar-refractivity contribution in [2.45, 2.75) is 19.8 Å². The summed E-state index contributed by atoms with van der Waals surface area (Å²) in [6, 6.07) is 0. The van der Waals surface area contributed by atoms with Gasteiger partial charge in [-0.3, -0.25) is 4.79 Å². The molecule has 1 rings (SSSR count). The van der Waals surface area contributed by atoms with Crippen molar-refractivity contribution in [2.24, 2.45) is 0 Å².